The number of nitrogens with zero attached hydrogens (tertiary/aromatic N) is 2. The van der Waals surface area contributed by atoms with Crippen LogP contribution in [0.25, 0.3) is 0 Å². The third kappa shape index (κ3) is 5.46. The van der Waals surface area contributed by atoms with Crippen molar-refractivity contribution in [3.63, 3.8) is 0 Å². The number of hydrogen-bond donors (Lipinski definition) is 2. The summed E-state index contributed by atoms with van der Waals surface area (Å²) in [5, 5.41) is 10.0. The number of halogens is 3. The molecule has 3 N–H and O–H groups in total. The van der Waals surface area contributed by atoms with Gasteiger partial charge >= 0.3 is 0 Å². The molecule has 21 heavy (non-hydrogen) atoms. The van der Waals surface area contributed by atoms with Crippen LogP contribution in [0.1, 0.15) is 11.7 Å². The Balaban J connectivity index is 0.00000220. The highest BCUT2D eigenvalue weighted by Crippen LogP contribution is 2.20. The third-order valence-corrected chi connectivity index (χ3v) is 4.34. The number of aliphatic hydroxyl groups excluding tert-OH is 1. The number of nitrogens with two attached hydrogens (primary N) is 1. The van der Waals surface area contributed by atoms with Crippen molar-refractivity contribution >= 4 is 53.3 Å². The fourth-order valence-corrected chi connectivity index (χ4v) is 2.92. The van der Waals surface area contributed by atoms with Gasteiger partial charge in [0.25, 0.3) is 0 Å². The first kappa shape index (κ1) is 18.8. The molecular weight excluding hydrogens is 428 g/mol. The van der Waals surface area contributed by atoms with Gasteiger partial charge in [0.2, 0.25) is 0 Å². The Labute approximate surface area is 150 Å². The standard InChI is InChI=1S/C13H17ClFN3OS.HI/c14-10-2-1-9(7-11(10)15)12(19)8-17-13(16)18-3-5-20-6-4-18;/h1-2,7,12,19H,3-6,8H2,(H2,16,17);1H. The van der Waals surface area contributed by atoms with Gasteiger partial charge in [-0.05, 0) is 17.7 Å². The van der Waals surface area contributed by atoms with E-state index in [4.69, 9.17) is 17.3 Å². The van der Waals surface area contributed by atoms with E-state index in [0.29, 0.717) is 11.5 Å². The molecular formula is C13H18ClFIN3OS. The summed E-state index contributed by atoms with van der Waals surface area (Å²) in [5.41, 5.74) is 6.33. The Hall–Kier alpha value is -0.250. The second-order valence-electron chi connectivity index (χ2n) is 4.49. The molecule has 1 heterocycles. The van der Waals surface area contributed by atoms with E-state index in [1.165, 1.54) is 12.1 Å². The molecule has 1 fully saturated rings. The number of aliphatic hydroxyl groups is 1. The fourth-order valence-electron chi connectivity index (χ4n) is 1.90. The molecule has 1 unspecified atom stereocenters. The van der Waals surface area contributed by atoms with Gasteiger partial charge in [-0.2, -0.15) is 11.8 Å². The molecule has 1 aliphatic rings. The van der Waals surface area contributed by atoms with Crippen LogP contribution in [0, 0.1) is 5.82 Å². The van der Waals surface area contributed by atoms with Crippen LogP contribution in [0.2, 0.25) is 5.02 Å². The molecule has 0 bridgehead atoms. The average molecular weight is 446 g/mol. The van der Waals surface area contributed by atoms with Crippen LogP contribution in [-0.2, 0) is 0 Å². The molecule has 2 rings (SSSR count). The van der Waals surface area contributed by atoms with E-state index in [0.717, 1.165) is 24.6 Å². The summed E-state index contributed by atoms with van der Waals surface area (Å²) in [5.74, 6) is 1.94. The van der Waals surface area contributed by atoms with Gasteiger partial charge in [-0.1, -0.05) is 17.7 Å². The van der Waals surface area contributed by atoms with Gasteiger partial charge in [-0.3, -0.25) is 4.99 Å². The van der Waals surface area contributed by atoms with Crippen molar-refractivity contribution in [3.8, 4) is 0 Å². The van der Waals surface area contributed by atoms with Gasteiger partial charge in [0.05, 0.1) is 17.7 Å². The van der Waals surface area contributed by atoms with Crippen LogP contribution in [-0.4, -0.2) is 47.1 Å². The molecule has 1 aliphatic heterocycles. The number of hydrogen-bond acceptors (Lipinski definition) is 3. The number of aliphatic imine (C=N–C) groups is 1. The van der Waals surface area contributed by atoms with E-state index in [1.807, 2.05) is 16.7 Å². The fraction of sp³-hybridized carbons (Fsp3) is 0.462. The minimum atomic E-state index is -0.889. The summed E-state index contributed by atoms with van der Waals surface area (Å²) in [6.45, 7) is 1.84. The molecule has 0 amide bonds. The molecule has 0 spiro atoms. The van der Waals surface area contributed by atoms with Gasteiger partial charge in [-0.25, -0.2) is 4.39 Å². The molecule has 0 radical (unpaired) electrons. The number of thioether (sulfide) groups is 1. The topological polar surface area (TPSA) is 61.9 Å². The van der Waals surface area contributed by atoms with Crippen LogP contribution in [0.4, 0.5) is 4.39 Å². The Morgan fingerprint density at radius 3 is 2.76 bits per heavy atom. The van der Waals surface area contributed by atoms with Crippen LogP contribution in [0.15, 0.2) is 23.2 Å². The molecule has 0 aromatic heterocycles. The summed E-state index contributed by atoms with van der Waals surface area (Å²) in [6, 6.07) is 4.22. The van der Waals surface area contributed by atoms with Gasteiger partial charge in [0.1, 0.15) is 5.82 Å². The second-order valence-corrected chi connectivity index (χ2v) is 6.12. The summed E-state index contributed by atoms with van der Waals surface area (Å²) >= 11 is 7.49. The zero-order valence-corrected chi connectivity index (χ0v) is 15.2. The number of guanidine groups is 1. The zero-order valence-electron chi connectivity index (χ0n) is 11.3. The first-order chi connectivity index (χ1) is 9.58. The first-order valence-electron chi connectivity index (χ1n) is 6.33. The van der Waals surface area contributed by atoms with E-state index in [1.54, 1.807) is 6.07 Å². The van der Waals surface area contributed by atoms with E-state index in [-0.39, 0.29) is 35.5 Å². The van der Waals surface area contributed by atoms with Crippen molar-refractivity contribution < 1.29 is 9.50 Å². The van der Waals surface area contributed by atoms with Crippen molar-refractivity contribution in [3.05, 3.63) is 34.6 Å². The molecule has 8 heteroatoms. The molecule has 118 valence electrons. The zero-order chi connectivity index (χ0) is 14.5. The summed E-state index contributed by atoms with van der Waals surface area (Å²) in [6.07, 6.45) is -0.889. The summed E-state index contributed by atoms with van der Waals surface area (Å²) in [7, 11) is 0. The van der Waals surface area contributed by atoms with E-state index < -0.39 is 11.9 Å². The second kappa shape index (κ2) is 9.02. The van der Waals surface area contributed by atoms with Crippen LogP contribution in [0.3, 0.4) is 0 Å². The first-order valence-corrected chi connectivity index (χ1v) is 7.87. The Morgan fingerprint density at radius 2 is 2.14 bits per heavy atom. The molecule has 1 aromatic carbocycles. The predicted molar refractivity (Wildman–Crippen MR) is 97.2 cm³/mol. The van der Waals surface area contributed by atoms with Crippen molar-refractivity contribution in [2.75, 3.05) is 31.1 Å². The Bertz CT molecular complexity index is 500. The van der Waals surface area contributed by atoms with Gasteiger partial charge < -0.3 is 15.7 Å². The lowest BCUT2D eigenvalue weighted by Crippen LogP contribution is -2.42. The SMILES string of the molecule is I.NC(=NCC(O)c1ccc(Cl)c(F)c1)N1CCSCC1. The smallest absolute Gasteiger partial charge is 0.191 e. The third-order valence-electron chi connectivity index (χ3n) is 3.09. The van der Waals surface area contributed by atoms with Crippen LogP contribution < -0.4 is 5.73 Å². The van der Waals surface area contributed by atoms with E-state index in [2.05, 4.69) is 4.99 Å². The maximum atomic E-state index is 13.3. The van der Waals surface area contributed by atoms with Gasteiger partial charge in [-0.15, -0.1) is 24.0 Å². The molecule has 1 aromatic rings. The molecule has 0 aliphatic carbocycles. The molecule has 1 atom stereocenters. The number of benzene rings is 1. The largest absolute Gasteiger partial charge is 0.386 e. The Morgan fingerprint density at radius 1 is 1.48 bits per heavy atom. The lowest BCUT2D eigenvalue weighted by molar-refractivity contribution is 0.186. The monoisotopic (exact) mass is 445 g/mol. The highest BCUT2D eigenvalue weighted by atomic mass is 127. The molecule has 1 saturated heterocycles. The highest BCUT2D eigenvalue weighted by Gasteiger charge is 2.14. The predicted octanol–water partition coefficient (Wildman–Crippen LogP) is 2.49. The number of rotatable bonds is 3. The average Bonchev–Trinajstić information content (AvgIpc) is 2.48. The van der Waals surface area contributed by atoms with Gasteiger partial charge in [0.15, 0.2) is 5.96 Å². The maximum Gasteiger partial charge on any atom is 0.191 e. The quantitative estimate of drug-likeness (QED) is 0.426. The van der Waals surface area contributed by atoms with Crippen molar-refractivity contribution in [2.24, 2.45) is 10.7 Å². The normalized spacial score (nSPS) is 17.3. The van der Waals surface area contributed by atoms with Crippen LogP contribution >= 0.6 is 47.3 Å². The van der Waals surface area contributed by atoms with Crippen LogP contribution in [0.5, 0.6) is 0 Å². The maximum absolute atomic E-state index is 13.3. The lowest BCUT2D eigenvalue weighted by atomic mass is 10.1. The summed E-state index contributed by atoms with van der Waals surface area (Å²) < 4.78 is 13.3. The van der Waals surface area contributed by atoms with Crippen molar-refractivity contribution in [1.82, 2.24) is 4.90 Å². The Kier molecular flexibility index (Phi) is 8.07. The summed E-state index contributed by atoms with van der Waals surface area (Å²) in [4.78, 5) is 6.17. The van der Waals surface area contributed by atoms with E-state index in [9.17, 15) is 9.50 Å². The lowest BCUT2D eigenvalue weighted by Gasteiger charge is -2.27. The molecule has 4 nitrogen and oxygen atoms in total. The van der Waals surface area contributed by atoms with Crippen molar-refractivity contribution in [1.29, 1.82) is 0 Å². The van der Waals surface area contributed by atoms with Crippen molar-refractivity contribution in [2.45, 2.75) is 6.10 Å². The molecule has 0 saturated carbocycles. The minimum absolute atomic E-state index is 0. The van der Waals surface area contributed by atoms with E-state index >= 15 is 0 Å². The minimum Gasteiger partial charge on any atom is -0.386 e. The highest BCUT2D eigenvalue weighted by molar-refractivity contribution is 14.0. The van der Waals surface area contributed by atoms with Gasteiger partial charge in [0, 0.05) is 24.6 Å².